The Kier molecular flexibility index (Phi) is 28.1. The van der Waals surface area contributed by atoms with Gasteiger partial charge in [0.2, 0.25) is 0 Å². The Bertz CT molecular complexity index is 263. The minimum absolute atomic E-state index is 0. The maximum absolute atomic E-state index is 10.2. The summed E-state index contributed by atoms with van der Waals surface area (Å²) >= 11 is -2.64. The fourth-order valence-corrected chi connectivity index (χ4v) is 3.39. The normalized spacial score (nSPS) is 6.60. The van der Waals surface area contributed by atoms with Crippen LogP contribution in [0.4, 0.5) is 0 Å². The molecule has 0 aliphatic rings. The van der Waals surface area contributed by atoms with Gasteiger partial charge >= 0.3 is 131 Å². The Labute approximate surface area is 163 Å². The fourth-order valence-electron chi connectivity index (χ4n) is 0.415. The van der Waals surface area contributed by atoms with E-state index in [1.54, 1.807) is 0 Å². The molecule has 0 heterocycles. The predicted octanol–water partition coefficient (Wildman–Crippen LogP) is -7.65. The Balaban J connectivity index is -0.000000116. The zero-order valence-electron chi connectivity index (χ0n) is 11.4. The molecular formula is C8H16Br2Hf2N4O4. The number of nitrogens with one attached hydrogen (secondary N) is 4. The molecule has 0 radical (unpaired) electrons. The molecule has 0 fully saturated rings. The average molecular weight is 749 g/mol. The van der Waals surface area contributed by atoms with Crippen LogP contribution in [-0.4, -0.2) is 23.6 Å². The summed E-state index contributed by atoms with van der Waals surface area (Å²) in [6.07, 6.45) is 0. The molecule has 12 heteroatoms. The zero-order chi connectivity index (χ0) is 14.6. The van der Waals surface area contributed by atoms with Crippen molar-refractivity contribution in [2.24, 2.45) is 0 Å². The summed E-state index contributed by atoms with van der Waals surface area (Å²) in [5.74, 6) is -0.252. The molecule has 0 atom stereocenters. The third-order valence-corrected chi connectivity index (χ3v) is 7.81. The van der Waals surface area contributed by atoms with E-state index in [1.807, 2.05) is 0 Å². The van der Waals surface area contributed by atoms with Crippen LogP contribution in [-0.2, 0) is 66.1 Å². The summed E-state index contributed by atoms with van der Waals surface area (Å²) < 4.78 is 10.4. The van der Waals surface area contributed by atoms with E-state index < -0.39 is 47.0 Å². The molecule has 0 saturated heterocycles. The van der Waals surface area contributed by atoms with E-state index in [2.05, 4.69) is 13.2 Å². The maximum Gasteiger partial charge on any atom is -1.00 e. The standard InChI is InChI=1S/4C2H5NO.2BrH.2Hf/c4*1-2(3)4;;;;/h4*1H3,(H2,3,4);2*1H;;/q;;;;;;2*+3/p-6. The summed E-state index contributed by atoms with van der Waals surface area (Å²) in [7, 11) is 0. The third-order valence-electron chi connectivity index (χ3n) is 0.954. The molecule has 0 bridgehead atoms. The second-order valence-corrected chi connectivity index (χ2v) is 8.36. The molecule has 0 aliphatic heterocycles. The van der Waals surface area contributed by atoms with Crippen LogP contribution >= 0.6 is 0 Å². The van der Waals surface area contributed by atoms with Gasteiger partial charge in [0.15, 0.2) is 0 Å². The van der Waals surface area contributed by atoms with E-state index in [4.69, 9.17) is 0 Å². The Morgan fingerprint density at radius 2 is 0.700 bits per heavy atom. The summed E-state index contributed by atoms with van der Waals surface area (Å²) in [6, 6.07) is 0. The van der Waals surface area contributed by atoms with E-state index in [0.717, 1.165) is 0 Å². The predicted molar refractivity (Wildman–Crippen MR) is 55.3 cm³/mol. The summed E-state index contributed by atoms with van der Waals surface area (Å²) in [4.78, 5) is 40.8. The summed E-state index contributed by atoms with van der Waals surface area (Å²) in [5.41, 5.74) is 0. The number of hydrogen-bond donors (Lipinski definition) is 4. The van der Waals surface area contributed by atoms with Gasteiger partial charge in [0.1, 0.15) is 0 Å². The van der Waals surface area contributed by atoms with Gasteiger partial charge in [-0.15, -0.1) is 0 Å². The first-order valence-corrected chi connectivity index (χ1v) is 12.0. The van der Waals surface area contributed by atoms with Gasteiger partial charge in [0.05, 0.1) is 0 Å². The Hall–Kier alpha value is 0.580. The average Bonchev–Trinajstić information content (AvgIpc) is 2.15. The molecular weight excluding hydrogens is 733 g/mol. The van der Waals surface area contributed by atoms with Crippen LogP contribution in [0.1, 0.15) is 27.7 Å². The second-order valence-electron chi connectivity index (χ2n) is 2.97. The molecule has 20 heavy (non-hydrogen) atoms. The molecule has 0 unspecified atom stereocenters. The van der Waals surface area contributed by atoms with Crippen molar-refractivity contribution in [1.29, 1.82) is 0 Å². The van der Waals surface area contributed by atoms with E-state index in [-0.39, 0.29) is 57.6 Å². The van der Waals surface area contributed by atoms with Gasteiger partial charge in [-0.1, -0.05) is 0 Å². The molecule has 0 aromatic carbocycles. The number of rotatable bonds is 4. The molecule has 0 rings (SSSR count). The zero-order valence-corrected chi connectivity index (χ0v) is 21.7. The molecule has 0 aromatic rings. The monoisotopic (exact) mass is 750 g/mol. The van der Waals surface area contributed by atoms with Crippen molar-refractivity contribution in [1.82, 2.24) is 13.2 Å². The number of carbonyl (C=O) groups excluding carboxylic acids is 4. The Morgan fingerprint density at radius 3 is 0.800 bits per heavy atom. The minimum atomic E-state index is -1.32. The molecule has 0 aliphatic carbocycles. The maximum atomic E-state index is 10.2. The fraction of sp³-hybridized carbons (Fsp3) is 0.500. The topological polar surface area (TPSA) is 116 Å². The number of amides is 4. The number of carbonyl (C=O) groups is 4. The van der Waals surface area contributed by atoms with Crippen molar-refractivity contribution in [2.75, 3.05) is 0 Å². The van der Waals surface area contributed by atoms with E-state index >= 15 is 0 Å². The van der Waals surface area contributed by atoms with Crippen LogP contribution in [0.15, 0.2) is 0 Å². The van der Waals surface area contributed by atoms with Crippen LogP contribution in [0.2, 0.25) is 0 Å². The third kappa shape index (κ3) is 36.3. The largest absolute Gasteiger partial charge is 1.00 e. The number of halogens is 2. The van der Waals surface area contributed by atoms with Crippen LogP contribution in [0.3, 0.4) is 0 Å². The summed E-state index contributed by atoms with van der Waals surface area (Å²) in [6.45, 7) is 5.76. The van der Waals surface area contributed by atoms with Gasteiger partial charge < -0.3 is 34.0 Å². The van der Waals surface area contributed by atoms with Crippen molar-refractivity contribution in [2.45, 2.75) is 27.7 Å². The van der Waals surface area contributed by atoms with Gasteiger partial charge in [-0.25, -0.2) is 0 Å². The van der Waals surface area contributed by atoms with Gasteiger partial charge in [-0.05, 0) is 0 Å². The van der Waals surface area contributed by atoms with Crippen molar-refractivity contribution >= 4 is 23.6 Å². The summed E-state index contributed by atoms with van der Waals surface area (Å²) in [5, 5.41) is 0. The van der Waals surface area contributed by atoms with Crippen molar-refractivity contribution in [3.8, 4) is 0 Å². The SMILES string of the molecule is CC(=O)[NH][Hf+][NH]C(C)=O.CC(=O)[NH][Hf+][NH]C(C)=O.[Br-].[Br-]. The van der Waals surface area contributed by atoms with Gasteiger partial charge in [-0.3, -0.25) is 0 Å². The smallest absolute Gasteiger partial charge is 1.00 e. The van der Waals surface area contributed by atoms with Gasteiger partial charge in [-0.2, -0.15) is 0 Å². The van der Waals surface area contributed by atoms with Crippen molar-refractivity contribution < 1.29 is 100 Å². The van der Waals surface area contributed by atoms with Crippen LogP contribution in [0.5, 0.6) is 0 Å². The van der Waals surface area contributed by atoms with Crippen LogP contribution in [0, 0.1) is 0 Å². The van der Waals surface area contributed by atoms with E-state index in [9.17, 15) is 19.2 Å². The first-order chi connectivity index (χ1) is 8.25. The molecule has 8 nitrogen and oxygen atoms in total. The van der Waals surface area contributed by atoms with Gasteiger partial charge in [0.25, 0.3) is 0 Å². The molecule has 0 saturated carbocycles. The molecule has 0 spiro atoms. The second kappa shape index (κ2) is 19.6. The number of hydrogen-bond acceptors (Lipinski definition) is 4. The van der Waals surface area contributed by atoms with Crippen LogP contribution in [0.25, 0.3) is 0 Å². The quantitative estimate of drug-likeness (QED) is 0.214. The first kappa shape index (κ1) is 28.7. The minimum Gasteiger partial charge on any atom is -1.00 e. The van der Waals surface area contributed by atoms with Crippen molar-refractivity contribution in [3.05, 3.63) is 0 Å². The van der Waals surface area contributed by atoms with Crippen molar-refractivity contribution in [3.63, 3.8) is 0 Å². The molecule has 4 N–H and O–H groups in total. The molecule has 0 aromatic heterocycles. The van der Waals surface area contributed by atoms with Gasteiger partial charge in [0, 0.05) is 0 Å². The van der Waals surface area contributed by atoms with E-state index in [0.29, 0.717) is 0 Å². The van der Waals surface area contributed by atoms with E-state index in [1.165, 1.54) is 27.7 Å². The molecule has 114 valence electrons. The first-order valence-electron chi connectivity index (χ1n) is 4.82. The van der Waals surface area contributed by atoms with Crippen LogP contribution < -0.4 is 47.2 Å². The Morgan fingerprint density at radius 1 is 0.550 bits per heavy atom. The molecule has 4 amide bonds.